The smallest absolute Gasteiger partial charge is 0.167 e. The van der Waals surface area contributed by atoms with Crippen LogP contribution in [-0.2, 0) is 0 Å². The van der Waals surface area contributed by atoms with Crippen LogP contribution in [0, 0.1) is 0 Å². The highest BCUT2D eigenvalue weighted by Gasteiger charge is 2.21. The number of hydrogen-bond donors (Lipinski definition) is 0. The largest absolute Gasteiger partial charge is 0.455 e. The number of furan rings is 1. The van der Waals surface area contributed by atoms with E-state index in [1.165, 1.54) is 32.6 Å². The van der Waals surface area contributed by atoms with E-state index < -0.39 is 0 Å². The van der Waals surface area contributed by atoms with Gasteiger partial charge in [-0.3, -0.25) is 0 Å². The van der Waals surface area contributed by atoms with Crippen molar-refractivity contribution in [2.45, 2.75) is 0 Å². The Kier molecular flexibility index (Phi) is 6.83. The third-order valence-electron chi connectivity index (χ3n) is 11.2. The summed E-state index contributed by atoms with van der Waals surface area (Å²) in [5.41, 5.74) is 11.1. The van der Waals surface area contributed by atoms with Crippen LogP contribution in [0.3, 0.4) is 0 Å². The van der Waals surface area contributed by atoms with Crippen molar-refractivity contribution in [3.05, 3.63) is 188 Å². The molecule has 6 nitrogen and oxygen atoms in total. The van der Waals surface area contributed by atoms with Crippen molar-refractivity contribution in [1.82, 2.24) is 24.1 Å². The summed E-state index contributed by atoms with van der Waals surface area (Å²) in [4.78, 5) is 15.2. The average Bonchev–Trinajstić information content (AvgIpc) is 3.95. The monoisotopic (exact) mass is 729 g/mol. The van der Waals surface area contributed by atoms with Gasteiger partial charge in [-0.1, -0.05) is 115 Å². The molecule has 6 heteroatoms. The first-order chi connectivity index (χ1) is 28.3. The van der Waals surface area contributed by atoms with Gasteiger partial charge in [-0.25, -0.2) is 15.0 Å². The summed E-state index contributed by atoms with van der Waals surface area (Å²) in [6.07, 6.45) is 0. The van der Waals surface area contributed by atoms with Crippen LogP contribution in [0.2, 0.25) is 0 Å². The molecular weight excluding hydrogens is 699 g/mol. The number of nitrogens with zero attached hydrogens (tertiary/aromatic N) is 5. The summed E-state index contributed by atoms with van der Waals surface area (Å²) in [6, 6.07) is 65.6. The van der Waals surface area contributed by atoms with Crippen molar-refractivity contribution < 1.29 is 4.42 Å². The van der Waals surface area contributed by atoms with E-state index in [0.29, 0.717) is 17.5 Å². The number of fused-ring (bicyclic) bond motifs is 10. The molecule has 0 N–H and O–H groups in total. The van der Waals surface area contributed by atoms with Crippen LogP contribution < -0.4 is 0 Å². The highest BCUT2D eigenvalue weighted by atomic mass is 16.3. The third-order valence-corrected chi connectivity index (χ3v) is 11.2. The number of benzene rings is 8. The summed E-state index contributed by atoms with van der Waals surface area (Å²) >= 11 is 0. The Hall–Kier alpha value is -7.83. The molecule has 266 valence electrons. The van der Waals surface area contributed by atoms with Crippen LogP contribution >= 0.6 is 0 Å². The van der Waals surface area contributed by atoms with Gasteiger partial charge in [0.2, 0.25) is 0 Å². The summed E-state index contributed by atoms with van der Waals surface area (Å²) < 4.78 is 11.2. The Morgan fingerprint density at radius 3 is 1.47 bits per heavy atom. The molecule has 0 aliphatic rings. The second kappa shape index (κ2) is 12.3. The maximum absolute atomic E-state index is 6.43. The first kappa shape index (κ1) is 31.5. The lowest BCUT2D eigenvalue weighted by Crippen LogP contribution is -2.00. The van der Waals surface area contributed by atoms with E-state index >= 15 is 0 Å². The fraction of sp³-hybridized carbons (Fsp3) is 0. The molecule has 57 heavy (non-hydrogen) atoms. The van der Waals surface area contributed by atoms with E-state index in [9.17, 15) is 0 Å². The van der Waals surface area contributed by atoms with Gasteiger partial charge < -0.3 is 13.6 Å². The minimum atomic E-state index is 0.564. The first-order valence-electron chi connectivity index (χ1n) is 19.1. The van der Waals surface area contributed by atoms with E-state index in [1.807, 2.05) is 60.7 Å². The van der Waals surface area contributed by atoms with Gasteiger partial charge in [-0.2, -0.15) is 0 Å². The normalized spacial score (nSPS) is 11.9. The molecule has 0 saturated carbocycles. The topological polar surface area (TPSA) is 61.7 Å². The quantitative estimate of drug-likeness (QED) is 0.177. The van der Waals surface area contributed by atoms with E-state index in [-0.39, 0.29) is 0 Å². The minimum Gasteiger partial charge on any atom is -0.455 e. The summed E-state index contributed by atoms with van der Waals surface area (Å²) in [6.45, 7) is 0. The second-order valence-corrected chi connectivity index (χ2v) is 14.4. The van der Waals surface area contributed by atoms with Crippen molar-refractivity contribution in [3.63, 3.8) is 0 Å². The lowest BCUT2D eigenvalue weighted by Gasteiger charge is -2.11. The lowest BCUT2D eigenvalue weighted by molar-refractivity contribution is 0.669. The Labute approximate surface area is 326 Å². The van der Waals surface area contributed by atoms with Gasteiger partial charge in [0.15, 0.2) is 17.5 Å². The summed E-state index contributed by atoms with van der Waals surface area (Å²) in [5.74, 6) is 1.76. The van der Waals surface area contributed by atoms with E-state index in [1.54, 1.807) is 0 Å². The van der Waals surface area contributed by atoms with Crippen LogP contribution in [-0.4, -0.2) is 24.1 Å². The molecule has 0 spiro atoms. The van der Waals surface area contributed by atoms with Gasteiger partial charge in [0, 0.05) is 54.8 Å². The highest BCUT2D eigenvalue weighted by molar-refractivity contribution is 6.29. The molecule has 12 aromatic rings. The van der Waals surface area contributed by atoms with E-state index in [2.05, 4.69) is 137 Å². The van der Waals surface area contributed by atoms with Gasteiger partial charge in [-0.05, 0) is 72.8 Å². The van der Waals surface area contributed by atoms with Crippen molar-refractivity contribution in [2.75, 3.05) is 0 Å². The lowest BCUT2D eigenvalue weighted by atomic mass is 10.1. The minimum absolute atomic E-state index is 0.564. The zero-order valence-corrected chi connectivity index (χ0v) is 30.5. The van der Waals surface area contributed by atoms with E-state index in [4.69, 9.17) is 19.4 Å². The molecule has 8 aromatic carbocycles. The number of aromatic nitrogens is 5. The van der Waals surface area contributed by atoms with Crippen LogP contribution in [0.5, 0.6) is 0 Å². The third kappa shape index (κ3) is 4.81. The molecule has 0 amide bonds. The summed E-state index contributed by atoms with van der Waals surface area (Å²) in [7, 11) is 0. The highest BCUT2D eigenvalue weighted by Crippen LogP contribution is 2.42. The SMILES string of the molecule is c1ccc(-c2nc(-c3ccc(-n4c5ccccc5c5c6c7ccccc7n(-c7ccccc7)c6ccc54)cc3)nc(-c3cccc4c3oc3ccccc34)n2)cc1. The Morgan fingerprint density at radius 2 is 0.825 bits per heavy atom. The van der Waals surface area contributed by atoms with Crippen molar-refractivity contribution in [1.29, 1.82) is 0 Å². The molecule has 4 aromatic heterocycles. The predicted octanol–water partition coefficient (Wildman–Crippen LogP) is 13.0. The molecule has 0 bridgehead atoms. The molecule has 0 aliphatic heterocycles. The molecule has 0 aliphatic carbocycles. The molecule has 0 unspecified atom stereocenters. The number of hydrogen-bond acceptors (Lipinski definition) is 4. The van der Waals surface area contributed by atoms with Crippen molar-refractivity contribution >= 4 is 65.6 Å². The zero-order valence-electron chi connectivity index (χ0n) is 30.5. The maximum Gasteiger partial charge on any atom is 0.167 e. The average molecular weight is 730 g/mol. The Balaban J connectivity index is 1.04. The number of rotatable bonds is 5. The fourth-order valence-electron chi connectivity index (χ4n) is 8.68. The van der Waals surface area contributed by atoms with E-state index in [0.717, 1.165) is 61.0 Å². The van der Waals surface area contributed by atoms with Gasteiger partial charge in [0.25, 0.3) is 0 Å². The second-order valence-electron chi connectivity index (χ2n) is 14.4. The molecule has 0 radical (unpaired) electrons. The maximum atomic E-state index is 6.43. The van der Waals surface area contributed by atoms with Crippen LogP contribution in [0.4, 0.5) is 0 Å². The Bertz CT molecular complexity index is 3510. The molecular formula is C51H31N5O. The standard InChI is InChI=1S/C51H31N5O/c1-3-14-32(15-4-1)49-52-50(54-51(53-49)40-22-13-21-37-36-18-9-12-25-45(36)57-48(37)40)33-26-28-35(29-27-33)56-42-24-11-8-20-39(42)47-44(56)31-30-43-46(47)38-19-7-10-23-41(38)55(43)34-16-5-2-6-17-34/h1-31H. The predicted molar refractivity (Wildman–Crippen MR) is 232 cm³/mol. The molecule has 0 atom stereocenters. The molecule has 0 saturated heterocycles. The summed E-state index contributed by atoms with van der Waals surface area (Å²) in [5, 5.41) is 7.04. The molecule has 4 heterocycles. The molecule has 0 fully saturated rings. The first-order valence-corrected chi connectivity index (χ1v) is 19.1. The van der Waals surface area contributed by atoms with Gasteiger partial charge in [0.1, 0.15) is 11.2 Å². The van der Waals surface area contributed by atoms with Gasteiger partial charge in [0.05, 0.1) is 27.6 Å². The van der Waals surface area contributed by atoms with Crippen LogP contribution in [0.25, 0.3) is 111 Å². The Morgan fingerprint density at radius 1 is 0.333 bits per heavy atom. The van der Waals surface area contributed by atoms with Gasteiger partial charge >= 0.3 is 0 Å². The molecule has 12 rings (SSSR count). The van der Waals surface area contributed by atoms with Crippen LogP contribution in [0.1, 0.15) is 0 Å². The fourth-order valence-corrected chi connectivity index (χ4v) is 8.68. The number of para-hydroxylation sites is 5. The van der Waals surface area contributed by atoms with Crippen molar-refractivity contribution in [2.24, 2.45) is 0 Å². The zero-order chi connectivity index (χ0) is 37.5. The van der Waals surface area contributed by atoms with Crippen LogP contribution in [0.15, 0.2) is 192 Å². The van der Waals surface area contributed by atoms with Gasteiger partial charge in [-0.15, -0.1) is 0 Å². The van der Waals surface area contributed by atoms with Crippen molar-refractivity contribution in [3.8, 4) is 45.5 Å².